The highest BCUT2D eigenvalue weighted by Gasteiger charge is 2.28. The van der Waals surface area contributed by atoms with Crippen molar-refractivity contribution in [2.45, 2.75) is 109 Å². The number of aliphatic hydroxyl groups is 2. The average Bonchev–Trinajstić information content (AvgIpc) is 2.99. The van der Waals surface area contributed by atoms with Crippen LogP contribution < -0.4 is 4.74 Å². The maximum absolute atomic E-state index is 10.3. The zero-order valence-corrected chi connectivity index (χ0v) is 24.1. The summed E-state index contributed by atoms with van der Waals surface area (Å²) in [5, 5.41) is 20.4. The van der Waals surface area contributed by atoms with Gasteiger partial charge in [-0.1, -0.05) is 81.0 Å². The highest BCUT2D eigenvalue weighted by atomic mass is 16.5. The van der Waals surface area contributed by atoms with Crippen LogP contribution in [0, 0.1) is 13.8 Å². The van der Waals surface area contributed by atoms with Crippen molar-refractivity contribution in [3.8, 4) is 5.75 Å². The largest absolute Gasteiger partial charge is 0.496 e. The summed E-state index contributed by atoms with van der Waals surface area (Å²) in [5.41, 5.74) is 11.0. The predicted octanol–water partition coefficient (Wildman–Crippen LogP) is 8.57. The molecule has 2 saturated carbocycles. The van der Waals surface area contributed by atoms with Gasteiger partial charge in [0, 0.05) is 5.92 Å². The number of aliphatic hydroxyl groups excluding tert-OH is 2. The first kappa shape index (κ1) is 27.9. The molecule has 0 saturated heterocycles. The Kier molecular flexibility index (Phi) is 9.10. The Bertz CT molecular complexity index is 1190. The van der Waals surface area contributed by atoms with Crippen LogP contribution in [0.1, 0.15) is 132 Å². The molecule has 1 unspecified atom stereocenters. The van der Waals surface area contributed by atoms with Crippen molar-refractivity contribution in [3.05, 3.63) is 98.6 Å². The zero-order chi connectivity index (χ0) is 27.4. The third kappa shape index (κ3) is 5.95. The highest BCUT2D eigenvalue weighted by Crippen LogP contribution is 2.45. The van der Waals surface area contributed by atoms with Crippen LogP contribution in [-0.2, 0) is 13.2 Å². The lowest BCUT2D eigenvalue weighted by Gasteiger charge is -2.30. The van der Waals surface area contributed by atoms with E-state index >= 15 is 0 Å². The minimum absolute atomic E-state index is 0.0330. The maximum Gasteiger partial charge on any atom is 0.122 e. The summed E-state index contributed by atoms with van der Waals surface area (Å²) in [6.45, 7) is 4.53. The van der Waals surface area contributed by atoms with E-state index in [4.69, 9.17) is 4.74 Å². The second-order valence-electron chi connectivity index (χ2n) is 12.0. The molecule has 0 aliphatic heterocycles. The summed E-state index contributed by atoms with van der Waals surface area (Å²) in [6, 6.07) is 17.8. The highest BCUT2D eigenvalue weighted by molar-refractivity contribution is 5.55. The lowest BCUT2D eigenvalue weighted by Crippen LogP contribution is -2.14. The van der Waals surface area contributed by atoms with Crippen LogP contribution in [-0.4, -0.2) is 17.3 Å². The van der Waals surface area contributed by atoms with Gasteiger partial charge in [0.05, 0.1) is 20.3 Å². The zero-order valence-electron chi connectivity index (χ0n) is 24.1. The molecule has 2 aliphatic carbocycles. The van der Waals surface area contributed by atoms with Crippen LogP contribution >= 0.6 is 0 Å². The fraction of sp³-hybridized carbons (Fsp3) is 0.500. The number of rotatable bonds is 8. The molecular formula is C36H46O3. The Balaban J connectivity index is 1.71. The Labute approximate surface area is 235 Å². The molecule has 208 valence electrons. The lowest BCUT2D eigenvalue weighted by molar-refractivity contribution is 0.278. The second kappa shape index (κ2) is 12.7. The van der Waals surface area contributed by atoms with Gasteiger partial charge in [-0.05, 0) is 108 Å². The Hall–Kier alpha value is -2.62. The first-order chi connectivity index (χ1) is 19.0. The Morgan fingerprint density at radius 1 is 0.718 bits per heavy atom. The van der Waals surface area contributed by atoms with Crippen molar-refractivity contribution >= 4 is 0 Å². The molecule has 0 radical (unpaired) electrons. The smallest absolute Gasteiger partial charge is 0.122 e. The van der Waals surface area contributed by atoms with E-state index in [1.54, 1.807) is 7.11 Å². The van der Waals surface area contributed by atoms with E-state index in [-0.39, 0.29) is 19.1 Å². The van der Waals surface area contributed by atoms with Crippen LogP contribution in [0.4, 0.5) is 0 Å². The molecule has 1 atom stereocenters. The fourth-order valence-electron chi connectivity index (χ4n) is 7.38. The van der Waals surface area contributed by atoms with Gasteiger partial charge in [0.15, 0.2) is 0 Å². The van der Waals surface area contributed by atoms with E-state index < -0.39 is 0 Å². The van der Waals surface area contributed by atoms with Crippen molar-refractivity contribution in [3.63, 3.8) is 0 Å². The topological polar surface area (TPSA) is 49.7 Å². The van der Waals surface area contributed by atoms with Crippen LogP contribution in [0.25, 0.3) is 0 Å². The van der Waals surface area contributed by atoms with E-state index in [1.807, 2.05) is 6.07 Å². The maximum atomic E-state index is 10.3. The molecule has 0 amide bonds. The molecule has 3 nitrogen and oxygen atoms in total. The summed E-state index contributed by atoms with van der Waals surface area (Å²) in [7, 11) is 1.80. The lowest BCUT2D eigenvalue weighted by atomic mass is 9.75. The summed E-state index contributed by atoms with van der Waals surface area (Å²) in [6.07, 6.45) is 12.6. The van der Waals surface area contributed by atoms with E-state index in [0.29, 0.717) is 11.8 Å². The molecule has 3 aromatic carbocycles. The van der Waals surface area contributed by atoms with Crippen LogP contribution in [0.5, 0.6) is 5.75 Å². The molecule has 0 spiro atoms. The number of benzene rings is 3. The molecular weight excluding hydrogens is 480 g/mol. The number of hydrogen-bond donors (Lipinski definition) is 2. The molecule has 5 rings (SSSR count). The van der Waals surface area contributed by atoms with Gasteiger partial charge in [-0.2, -0.15) is 0 Å². The monoisotopic (exact) mass is 526 g/mol. The normalized spacial score (nSPS) is 17.8. The summed E-state index contributed by atoms with van der Waals surface area (Å²) in [4.78, 5) is 0. The van der Waals surface area contributed by atoms with E-state index in [0.717, 1.165) is 16.9 Å². The van der Waals surface area contributed by atoms with Crippen molar-refractivity contribution < 1.29 is 14.9 Å². The van der Waals surface area contributed by atoms with Crippen molar-refractivity contribution in [1.82, 2.24) is 0 Å². The van der Waals surface area contributed by atoms with Crippen molar-refractivity contribution in [2.24, 2.45) is 0 Å². The molecule has 0 aromatic heterocycles. The number of aryl methyl sites for hydroxylation is 2. The van der Waals surface area contributed by atoms with Crippen LogP contribution in [0.2, 0.25) is 0 Å². The SMILES string of the molecule is COc1cc(C)c(C(c2cccc(CO)c2)c2cc(C3CCCCC3)c(CO)cc2C)cc1C1CCCCC1. The molecule has 2 N–H and O–H groups in total. The van der Waals surface area contributed by atoms with Crippen molar-refractivity contribution in [2.75, 3.05) is 7.11 Å². The summed E-state index contributed by atoms with van der Waals surface area (Å²) >= 11 is 0. The number of hydrogen-bond acceptors (Lipinski definition) is 3. The molecule has 0 bridgehead atoms. The first-order valence-electron chi connectivity index (χ1n) is 15.2. The fourth-order valence-corrected chi connectivity index (χ4v) is 7.38. The minimum atomic E-state index is 0.0330. The van der Waals surface area contributed by atoms with Gasteiger partial charge < -0.3 is 14.9 Å². The van der Waals surface area contributed by atoms with Crippen LogP contribution in [0.15, 0.2) is 48.5 Å². The Morgan fingerprint density at radius 3 is 1.90 bits per heavy atom. The van der Waals surface area contributed by atoms with Gasteiger partial charge >= 0.3 is 0 Å². The third-order valence-electron chi connectivity index (χ3n) is 9.50. The van der Waals surface area contributed by atoms with Gasteiger partial charge in [0.25, 0.3) is 0 Å². The standard InChI is InChI=1S/C36H46O3/c1-24-17-30(23-38)33(27-12-6-4-7-13-27)20-31(24)36(29-16-10-11-26(19-29)22-37)32-21-34(28-14-8-5-9-15-28)35(39-3)18-25(32)2/h10-11,16-21,27-28,36-38H,4-9,12-15,22-23H2,1-3H3. The van der Waals surface area contributed by atoms with Gasteiger partial charge in [-0.3, -0.25) is 0 Å². The van der Waals surface area contributed by atoms with E-state index in [2.05, 4.69) is 56.3 Å². The summed E-state index contributed by atoms with van der Waals surface area (Å²) < 4.78 is 5.95. The second-order valence-corrected chi connectivity index (χ2v) is 12.0. The predicted molar refractivity (Wildman–Crippen MR) is 160 cm³/mol. The first-order valence-corrected chi connectivity index (χ1v) is 15.2. The molecule has 0 heterocycles. The van der Waals surface area contributed by atoms with Crippen LogP contribution in [0.3, 0.4) is 0 Å². The third-order valence-corrected chi connectivity index (χ3v) is 9.50. The van der Waals surface area contributed by atoms with E-state index in [9.17, 15) is 10.2 Å². The molecule has 2 fully saturated rings. The van der Waals surface area contributed by atoms with E-state index in [1.165, 1.54) is 103 Å². The average molecular weight is 527 g/mol. The van der Waals surface area contributed by atoms with Crippen molar-refractivity contribution in [1.29, 1.82) is 0 Å². The van der Waals surface area contributed by atoms with Gasteiger partial charge in [-0.25, -0.2) is 0 Å². The molecule has 2 aliphatic rings. The quantitative estimate of drug-likeness (QED) is 0.289. The molecule has 39 heavy (non-hydrogen) atoms. The van der Waals surface area contributed by atoms with Gasteiger partial charge in [0.2, 0.25) is 0 Å². The number of methoxy groups -OCH3 is 1. The minimum Gasteiger partial charge on any atom is -0.496 e. The Morgan fingerprint density at radius 2 is 1.31 bits per heavy atom. The number of ether oxygens (including phenoxy) is 1. The molecule has 3 heteroatoms. The van der Waals surface area contributed by atoms with Gasteiger partial charge in [-0.15, -0.1) is 0 Å². The molecule has 3 aromatic rings. The summed E-state index contributed by atoms with van der Waals surface area (Å²) in [5.74, 6) is 2.11. The van der Waals surface area contributed by atoms with Gasteiger partial charge in [0.1, 0.15) is 5.75 Å².